The fraction of sp³-hybridized carbons (Fsp3) is 0.125. The van der Waals surface area contributed by atoms with Crippen molar-refractivity contribution in [2.75, 3.05) is 7.05 Å². The number of hydrogen-bond acceptors (Lipinski definition) is 3. The number of amides is 1. The third-order valence-corrected chi connectivity index (χ3v) is 2.96. The quantitative estimate of drug-likeness (QED) is 0.829. The van der Waals surface area contributed by atoms with Crippen LogP contribution in [0.4, 0.5) is 0 Å². The molecule has 0 fully saturated rings. The molecule has 0 bridgehead atoms. The Hall–Kier alpha value is -2.82. The number of nitrogens with zero attached hydrogens (tertiary/aromatic N) is 1. The number of carbonyl (C=O) groups excluding carboxylic acids is 1. The minimum absolute atomic E-state index is 0.477. The summed E-state index contributed by atoms with van der Waals surface area (Å²) in [5.74, 6) is 0.0796. The van der Waals surface area contributed by atoms with E-state index in [4.69, 9.17) is 4.74 Å². The second-order valence-corrected chi connectivity index (χ2v) is 4.50. The Kier molecular flexibility index (Phi) is 4.56. The molecule has 5 heteroatoms. The highest BCUT2D eigenvalue weighted by molar-refractivity contribution is 5.78. The molecule has 0 radical (unpaired) electrons. The molecule has 0 heterocycles. The number of aliphatic carboxylic acids is 1. The van der Waals surface area contributed by atoms with Crippen LogP contribution in [-0.2, 0) is 9.59 Å². The smallest absolute Gasteiger partial charge is 0.331 e. The second-order valence-electron chi connectivity index (χ2n) is 4.50. The van der Waals surface area contributed by atoms with Crippen molar-refractivity contribution in [2.24, 2.45) is 0 Å². The Morgan fingerprint density at radius 2 is 1.81 bits per heavy atom. The largest absolute Gasteiger partial charge is 0.479 e. The lowest BCUT2D eigenvalue weighted by Gasteiger charge is -2.21. The van der Waals surface area contributed by atoms with E-state index in [2.05, 4.69) is 0 Å². The van der Waals surface area contributed by atoms with Gasteiger partial charge in [-0.05, 0) is 29.8 Å². The first-order valence-electron chi connectivity index (χ1n) is 6.34. The highest BCUT2D eigenvalue weighted by atomic mass is 16.5. The van der Waals surface area contributed by atoms with Gasteiger partial charge < -0.3 is 14.7 Å². The number of carbonyl (C=O) groups is 2. The molecular weight excluding hydrogens is 270 g/mol. The SMILES string of the molecule is CN(C=O)C(C(=O)O)c1cccc(Oc2ccccc2)c1. The minimum Gasteiger partial charge on any atom is -0.479 e. The van der Waals surface area contributed by atoms with Gasteiger partial charge in [0.1, 0.15) is 11.5 Å². The van der Waals surface area contributed by atoms with E-state index in [-0.39, 0.29) is 0 Å². The van der Waals surface area contributed by atoms with Gasteiger partial charge in [-0.2, -0.15) is 0 Å². The Bertz CT molecular complexity index is 627. The van der Waals surface area contributed by atoms with Crippen LogP contribution in [0, 0.1) is 0 Å². The van der Waals surface area contributed by atoms with Gasteiger partial charge in [0.25, 0.3) is 0 Å². The van der Waals surface area contributed by atoms with Crippen molar-refractivity contribution in [3.63, 3.8) is 0 Å². The Balaban J connectivity index is 2.28. The topological polar surface area (TPSA) is 66.8 Å². The summed E-state index contributed by atoms with van der Waals surface area (Å²) in [7, 11) is 1.43. The number of rotatable bonds is 6. The Morgan fingerprint density at radius 1 is 1.14 bits per heavy atom. The van der Waals surface area contributed by atoms with Crippen molar-refractivity contribution in [3.8, 4) is 11.5 Å². The summed E-state index contributed by atoms with van der Waals surface area (Å²) >= 11 is 0. The summed E-state index contributed by atoms with van der Waals surface area (Å²) in [5, 5.41) is 9.27. The third kappa shape index (κ3) is 3.60. The van der Waals surface area contributed by atoms with Gasteiger partial charge in [0.15, 0.2) is 6.04 Å². The minimum atomic E-state index is -1.10. The van der Waals surface area contributed by atoms with E-state index in [1.807, 2.05) is 18.2 Å². The summed E-state index contributed by atoms with van der Waals surface area (Å²) in [6.07, 6.45) is 0.490. The summed E-state index contributed by atoms with van der Waals surface area (Å²) in [6.45, 7) is 0. The molecule has 108 valence electrons. The standard InChI is InChI=1S/C16H15NO4/c1-17(11-18)15(16(19)20)12-6-5-9-14(10-12)21-13-7-3-2-4-8-13/h2-11,15H,1H3,(H,19,20). The normalized spacial score (nSPS) is 11.5. The van der Waals surface area contributed by atoms with Crippen LogP contribution in [0.25, 0.3) is 0 Å². The van der Waals surface area contributed by atoms with Crippen LogP contribution in [0.15, 0.2) is 54.6 Å². The van der Waals surface area contributed by atoms with Gasteiger partial charge in [-0.3, -0.25) is 4.79 Å². The van der Waals surface area contributed by atoms with Crippen LogP contribution >= 0.6 is 0 Å². The predicted octanol–water partition coefficient (Wildman–Crippen LogP) is 2.69. The molecule has 5 nitrogen and oxygen atoms in total. The van der Waals surface area contributed by atoms with E-state index in [0.29, 0.717) is 23.5 Å². The molecule has 0 aliphatic carbocycles. The predicted molar refractivity (Wildman–Crippen MR) is 77.2 cm³/mol. The molecule has 0 aliphatic heterocycles. The van der Waals surface area contributed by atoms with Crippen molar-refractivity contribution >= 4 is 12.4 Å². The maximum Gasteiger partial charge on any atom is 0.331 e. The molecule has 0 spiro atoms. The molecule has 2 rings (SSSR count). The van der Waals surface area contributed by atoms with Gasteiger partial charge in [0, 0.05) is 7.05 Å². The zero-order chi connectivity index (χ0) is 15.2. The Labute approximate surface area is 122 Å². The van der Waals surface area contributed by atoms with Gasteiger partial charge >= 0.3 is 5.97 Å². The number of carboxylic acid groups (broad SMARTS) is 1. The average molecular weight is 285 g/mol. The zero-order valence-electron chi connectivity index (χ0n) is 11.5. The van der Waals surface area contributed by atoms with Crippen molar-refractivity contribution in [2.45, 2.75) is 6.04 Å². The molecule has 2 aromatic carbocycles. The van der Waals surface area contributed by atoms with Gasteiger partial charge in [-0.25, -0.2) is 4.79 Å². The maximum absolute atomic E-state index is 11.3. The molecule has 21 heavy (non-hydrogen) atoms. The fourth-order valence-electron chi connectivity index (χ4n) is 1.99. The van der Waals surface area contributed by atoms with Gasteiger partial charge in [0.2, 0.25) is 6.41 Å². The molecule has 0 saturated carbocycles. The molecule has 2 aromatic rings. The van der Waals surface area contributed by atoms with Gasteiger partial charge in [-0.1, -0.05) is 30.3 Å². The number of likely N-dealkylation sites (N-methyl/N-ethyl adjacent to an activating group) is 1. The molecule has 1 amide bonds. The highest BCUT2D eigenvalue weighted by Crippen LogP contribution is 2.26. The van der Waals surface area contributed by atoms with Crippen LogP contribution in [0.5, 0.6) is 11.5 Å². The van der Waals surface area contributed by atoms with Crippen molar-refractivity contribution < 1.29 is 19.4 Å². The number of benzene rings is 2. The zero-order valence-corrected chi connectivity index (χ0v) is 11.5. The molecule has 1 atom stereocenters. The van der Waals surface area contributed by atoms with Crippen LogP contribution in [-0.4, -0.2) is 29.4 Å². The van der Waals surface area contributed by atoms with Gasteiger partial charge in [0.05, 0.1) is 0 Å². The van der Waals surface area contributed by atoms with Crippen LogP contribution in [0.2, 0.25) is 0 Å². The fourth-order valence-corrected chi connectivity index (χ4v) is 1.99. The van der Waals surface area contributed by atoms with E-state index >= 15 is 0 Å². The number of ether oxygens (including phenoxy) is 1. The summed E-state index contributed by atoms with van der Waals surface area (Å²) < 4.78 is 5.66. The van der Waals surface area contributed by atoms with Crippen LogP contribution < -0.4 is 4.74 Å². The average Bonchev–Trinajstić information content (AvgIpc) is 2.48. The highest BCUT2D eigenvalue weighted by Gasteiger charge is 2.24. The lowest BCUT2D eigenvalue weighted by atomic mass is 10.1. The van der Waals surface area contributed by atoms with E-state index in [1.165, 1.54) is 7.05 Å². The molecule has 1 unspecified atom stereocenters. The monoisotopic (exact) mass is 285 g/mol. The summed E-state index contributed by atoms with van der Waals surface area (Å²) in [6, 6.07) is 14.8. The van der Waals surface area contributed by atoms with Crippen LogP contribution in [0.1, 0.15) is 11.6 Å². The summed E-state index contributed by atoms with van der Waals surface area (Å²) in [4.78, 5) is 23.3. The van der Waals surface area contributed by atoms with Gasteiger partial charge in [-0.15, -0.1) is 0 Å². The molecular formula is C16H15NO4. The number of para-hydroxylation sites is 1. The molecule has 0 aromatic heterocycles. The van der Waals surface area contributed by atoms with Crippen molar-refractivity contribution in [3.05, 3.63) is 60.2 Å². The Morgan fingerprint density at radius 3 is 2.43 bits per heavy atom. The lowest BCUT2D eigenvalue weighted by Crippen LogP contribution is -2.29. The second kappa shape index (κ2) is 6.56. The van der Waals surface area contributed by atoms with Crippen molar-refractivity contribution in [1.82, 2.24) is 4.90 Å². The first-order valence-corrected chi connectivity index (χ1v) is 6.34. The first-order chi connectivity index (χ1) is 10.1. The van der Waals surface area contributed by atoms with Crippen molar-refractivity contribution in [1.29, 1.82) is 0 Å². The lowest BCUT2D eigenvalue weighted by molar-refractivity contribution is -0.145. The molecule has 0 aliphatic rings. The molecule has 1 N–H and O–H groups in total. The number of hydrogen-bond donors (Lipinski definition) is 1. The first kappa shape index (κ1) is 14.6. The maximum atomic E-state index is 11.3. The van der Waals surface area contributed by atoms with E-state index in [0.717, 1.165) is 4.90 Å². The van der Waals surface area contributed by atoms with Crippen LogP contribution in [0.3, 0.4) is 0 Å². The molecule has 0 saturated heterocycles. The van der Waals surface area contributed by atoms with E-state index in [1.54, 1.807) is 36.4 Å². The summed E-state index contributed by atoms with van der Waals surface area (Å²) in [5.41, 5.74) is 0.477. The number of carboxylic acids is 1. The third-order valence-electron chi connectivity index (χ3n) is 2.96. The van der Waals surface area contributed by atoms with E-state index in [9.17, 15) is 14.7 Å². The van der Waals surface area contributed by atoms with E-state index < -0.39 is 12.0 Å².